The number of nitrogens with one attached hydrogen (secondary N) is 1. The molecule has 1 nitrogen and oxygen atoms in total. The molecule has 2 heteroatoms. The van der Waals surface area contributed by atoms with E-state index in [1.54, 1.807) is 0 Å². The van der Waals surface area contributed by atoms with E-state index in [1.165, 1.54) is 31.3 Å². The van der Waals surface area contributed by atoms with Crippen molar-refractivity contribution in [3.8, 4) is 0 Å². The Morgan fingerprint density at radius 2 is 2.07 bits per heavy atom. The lowest BCUT2D eigenvalue weighted by Crippen LogP contribution is -2.39. The van der Waals surface area contributed by atoms with Gasteiger partial charge in [-0.05, 0) is 32.6 Å². The Hall–Kier alpha value is -0.0100. The minimum absolute atomic E-state index is 0.650. The molecular weight excluding hydrogens is 194 g/mol. The van der Waals surface area contributed by atoms with Crippen LogP contribution >= 0.6 is 11.6 Å². The van der Waals surface area contributed by atoms with E-state index in [1.807, 2.05) is 0 Å². The number of rotatable bonds is 4. The van der Waals surface area contributed by atoms with Gasteiger partial charge in [0.25, 0.3) is 0 Å². The second-order valence-electron chi connectivity index (χ2n) is 4.50. The third-order valence-electron chi connectivity index (χ3n) is 3.00. The van der Waals surface area contributed by atoms with E-state index in [4.69, 9.17) is 11.6 Å². The molecule has 1 aliphatic rings. The molecule has 82 valence electrons. The van der Waals surface area contributed by atoms with Crippen LogP contribution in [0.4, 0.5) is 0 Å². The molecule has 1 saturated carbocycles. The van der Waals surface area contributed by atoms with Gasteiger partial charge < -0.3 is 5.32 Å². The smallest absolute Gasteiger partial charge is 0.0266 e. The van der Waals surface area contributed by atoms with Crippen LogP contribution in [0.25, 0.3) is 0 Å². The molecule has 1 aliphatic carbocycles. The van der Waals surface area contributed by atoms with Crippen molar-refractivity contribution in [2.24, 2.45) is 5.92 Å². The largest absolute Gasteiger partial charge is 0.310 e. The average molecular weight is 216 g/mol. The highest BCUT2D eigenvalue weighted by Crippen LogP contribution is 2.25. The predicted molar refractivity (Wildman–Crippen MR) is 63.9 cm³/mol. The number of hydrogen-bond acceptors (Lipinski definition) is 1. The normalized spacial score (nSPS) is 27.4. The van der Waals surface area contributed by atoms with Crippen molar-refractivity contribution in [3.05, 3.63) is 11.6 Å². The molecule has 0 aromatic rings. The lowest BCUT2D eigenvalue weighted by Gasteiger charge is -2.30. The molecule has 0 spiro atoms. The van der Waals surface area contributed by atoms with Gasteiger partial charge in [-0.25, -0.2) is 0 Å². The third-order valence-corrected chi connectivity index (χ3v) is 3.39. The van der Waals surface area contributed by atoms with E-state index in [9.17, 15) is 0 Å². The van der Waals surface area contributed by atoms with Gasteiger partial charge in [0.2, 0.25) is 0 Å². The zero-order valence-electron chi connectivity index (χ0n) is 9.35. The Labute approximate surface area is 92.9 Å². The van der Waals surface area contributed by atoms with Crippen LogP contribution in [0.2, 0.25) is 0 Å². The van der Waals surface area contributed by atoms with Crippen molar-refractivity contribution in [1.29, 1.82) is 0 Å². The summed E-state index contributed by atoms with van der Waals surface area (Å²) in [4.78, 5) is 0. The summed E-state index contributed by atoms with van der Waals surface area (Å²) in [6, 6.07) is 0.650. The van der Waals surface area contributed by atoms with Crippen LogP contribution in [-0.4, -0.2) is 18.5 Å². The Bertz CT molecular complexity index is 185. The SMILES string of the molecule is CC(C)=CCNC1CCCCC1CCl. The van der Waals surface area contributed by atoms with E-state index in [-0.39, 0.29) is 0 Å². The van der Waals surface area contributed by atoms with Gasteiger partial charge >= 0.3 is 0 Å². The zero-order chi connectivity index (χ0) is 10.4. The van der Waals surface area contributed by atoms with Crippen molar-refractivity contribution in [2.45, 2.75) is 45.6 Å². The summed E-state index contributed by atoms with van der Waals surface area (Å²) in [6.45, 7) is 5.28. The monoisotopic (exact) mass is 215 g/mol. The second-order valence-corrected chi connectivity index (χ2v) is 4.80. The summed E-state index contributed by atoms with van der Waals surface area (Å²) in [5.74, 6) is 1.50. The van der Waals surface area contributed by atoms with Crippen LogP contribution in [0, 0.1) is 5.92 Å². The van der Waals surface area contributed by atoms with Gasteiger partial charge in [0.1, 0.15) is 0 Å². The topological polar surface area (TPSA) is 12.0 Å². The maximum absolute atomic E-state index is 5.96. The highest BCUT2D eigenvalue weighted by Gasteiger charge is 2.23. The maximum atomic E-state index is 5.96. The summed E-state index contributed by atoms with van der Waals surface area (Å²) in [5, 5.41) is 3.59. The first-order chi connectivity index (χ1) is 6.74. The summed E-state index contributed by atoms with van der Waals surface area (Å²) in [5.41, 5.74) is 1.38. The fourth-order valence-electron chi connectivity index (χ4n) is 2.08. The number of hydrogen-bond donors (Lipinski definition) is 1. The summed E-state index contributed by atoms with van der Waals surface area (Å²) < 4.78 is 0. The molecule has 0 aromatic heterocycles. The van der Waals surface area contributed by atoms with Crippen molar-refractivity contribution < 1.29 is 0 Å². The lowest BCUT2D eigenvalue weighted by atomic mass is 9.86. The molecule has 0 amide bonds. The first kappa shape index (κ1) is 12.1. The predicted octanol–water partition coefficient (Wildman–Crippen LogP) is 3.34. The first-order valence-corrected chi connectivity index (χ1v) is 6.20. The minimum Gasteiger partial charge on any atom is -0.310 e. The molecule has 1 rings (SSSR count). The zero-order valence-corrected chi connectivity index (χ0v) is 10.1. The van der Waals surface area contributed by atoms with Gasteiger partial charge in [0, 0.05) is 18.5 Å². The molecule has 1 fully saturated rings. The molecule has 0 saturated heterocycles. The molecule has 0 bridgehead atoms. The first-order valence-electron chi connectivity index (χ1n) is 5.66. The van der Waals surface area contributed by atoms with Crippen molar-refractivity contribution >= 4 is 11.6 Å². The standard InChI is InChI=1S/C12H22ClN/c1-10(2)7-8-14-12-6-4-3-5-11(12)9-13/h7,11-12,14H,3-6,8-9H2,1-2H3. The van der Waals surface area contributed by atoms with Gasteiger partial charge in [-0.15, -0.1) is 11.6 Å². The van der Waals surface area contributed by atoms with Crippen molar-refractivity contribution in [2.75, 3.05) is 12.4 Å². The highest BCUT2D eigenvalue weighted by molar-refractivity contribution is 6.18. The quantitative estimate of drug-likeness (QED) is 0.561. The Kier molecular flexibility index (Phi) is 5.57. The van der Waals surface area contributed by atoms with Crippen molar-refractivity contribution in [1.82, 2.24) is 5.32 Å². The van der Waals surface area contributed by atoms with E-state index in [0.29, 0.717) is 12.0 Å². The van der Waals surface area contributed by atoms with Crippen LogP contribution in [0.1, 0.15) is 39.5 Å². The Balaban J connectivity index is 2.29. The van der Waals surface area contributed by atoms with Crippen LogP contribution in [0.3, 0.4) is 0 Å². The fraction of sp³-hybridized carbons (Fsp3) is 0.833. The van der Waals surface area contributed by atoms with Gasteiger partial charge in [0.15, 0.2) is 0 Å². The van der Waals surface area contributed by atoms with Crippen LogP contribution in [0.5, 0.6) is 0 Å². The molecule has 2 atom stereocenters. The summed E-state index contributed by atoms with van der Waals surface area (Å²) >= 11 is 5.96. The van der Waals surface area contributed by atoms with Crippen LogP contribution < -0.4 is 5.32 Å². The van der Waals surface area contributed by atoms with Crippen LogP contribution in [-0.2, 0) is 0 Å². The minimum atomic E-state index is 0.650. The van der Waals surface area contributed by atoms with E-state index in [2.05, 4.69) is 25.2 Å². The molecule has 0 aliphatic heterocycles. The maximum Gasteiger partial charge on any atom is 0.0266 e. The molecule has 0 radical (unpaired) electrons. The number of halogens is 1. The highest BCUT2D eigenvalue weighted by atomic mass is 35.5. The molecule has 2 unspecified atom stereocenters. The molecular formula is C12H22ClN. The second kappa shape index (κ2) is 6.47. The van der Waals surface area contributed by atoms with Gasteiger partial charge in [-0.3, -0.25) is 0 Å². The van der Waals surface area contributed by atoms with Crippen LogP contribution in [0.15, 0.2) is 11.6 Å². The Morgan fingerprint density at radius 1 is 1.36 bits per heavy atom. The van der Waals surface area contributed by atoms with Gasteiger partial charge in [-0.2, -0.15) is 0 Å². The average Bonchev–Trinajstić information content (AvgIpc) is 2.18. The summed E-state index contributed by atoms with van der Waals surface area (Å²) in [7, 11) is 0. The van der Waals surface area contributed by atoms with E-state index < -0.39 is 0 Å². The Morgan fingerprint density at radius 3 is 2.71 bits per heavy atom. The fourth-order valence-corrected chi connectivity index (χ4v) is 2.44. The lowest BCUT2D eigenvalue weighted by molar-refractivity contribution is 0.291. The van der Waals surface area contributed by atoms with Gasteiger partial charge in [0.05, 0.1) is 0 Å². The van der Waals surface area contributed by atoms with E-state index in [0.717, 1.165) is 12.4 Å². The number of allylic oxidation sites excluding steroid dienone is 1. The van der Waals surface area contributed by atoms with Gasteiger partial charge in [-0.1, -0.05) is 24.5 Å². The molecule has 1 N–H and O–H groups in total. The number of alkyl halides is 1. The molecule has 14 heavy (non-hydrogen) atoms. The van der Waals surface area contributed by atoms with E-state index >= 15 is 0 Å². The third kappa shape index (κ3) is 4.02. The van der Waals surface area contributed by atoms with Crippen molar-refractivity contribution in [3.63, 3.8) is 0 Å². The molecule has 0 heterocycles. The molecule has 0 aromatic carbocycles. The summed E-state index contributed by atoms with van der Waals surface area (Å²) in [6.07, 6.45) is 7.57.